The molecule has 1 aliphatic heterocycles. The lowest BCUT2D eigenvalue weighted by molar-refractivity contribution is -0.116. The van der Waals surface area contributed by atoms with E-state index in [0.717, 1.165) is 58.3 Å². The molecule has 0 unspecified atom stereocenters. The van der Waals surface area contributed by atoms with E-state index in [4.69, 9.17) is 4.98 Å². The Morgan fingerprint density at radius 2 is 2.06 bits per heavy atom. The number of thiophene rings is 1. The fraction of sp³-hybridized carbons (Fsp3) is 0.304. The van der Waals surface area contributed by atoms with Crippen molar-refractivity contribution in [3.63, 3.8) is 0 Å². The third-order valence-corrected chi connectivity index (χ3v) is 7.63. The summed E-state index contributed by atoms with van der Waals surface area (Å²) >= 11 is 3.32. The maximum absolute atomic E-state index is 12.7. The Labute approximate surface area is 194 Å². The molecule has 0 fully saturated rings. The molecule has 5 rings (SSSR count). The topological polar surface area (TPSA) is 91.8 Å². The number of pyridine rings is 2. The molecule has 1 aliphatic rings. The molecule has 4 aromatic heterocycles. The molecule has 1 amide bonds. The monoisotopic (exact) mass is 464 g/mol. The molecule has 0 saturated carbocycles. The van der Waals surface area contributed by atoms with Crippen molar-refractivity contribution in [2.75, 3.05) is 25.0 Å². The van der Waals surface area contributed by atoms with Crippen molar-refractivity contribution in [1.29, 1.82) is 0 Å². The number of carbonyl (C=O) groups excluding carboxylic acids is 1. The second-order valence-electron chi connectivity index (χ2n) is 7.66. The summed E-state index contributed by atoms with van der Waals surface area (Å²) in [6.07, 6.45) is 9.52. The minimum atomic E-state index is 0.0226. The third kappa shape index (κ3) is 4.71. The zero-order chi connectivity index (χ0) is 21.8. The smallest absolute Gasteiger partial charge is 0.226 e. The van der Waals surface area contributed by atoms with Gasteiger partial charge in [-0.3, -0.25) is 14.8 Å². The minimum absolute atomic E-state index is 0.0226. The molecule has 3 N–H and O–H groups in total. The first-order valence-corrected chi connectivity index (χ1v) is 12.4. The number of carbonyl (C=O) groups is 1. The van der Waals surface area contributed by atoms with Crippen molar-refractivity contribution in [2.45, 2.75) is 25.8 Å². The van der Waals surface area contributed by atoms with E-state index in [2.05, 4.69) is 32.0 Å². The first-order chi connectivity index (χ1) is 15.8. The number of nitrogens with one attached hydrogen (secondary N) is 3. The number of nitrogens with zero attached hydrogens (tertiary/aromatic N) is 3. The van der Waals surface area contributed by atoms with Crippen molar-refractivity contribution >= 4 is 43.8 Å². The van der Waals surface area contributed by atoms with Crippen LogP contribution in [-0.2, 0) is 24.2 Å². The highest BCUT2D eigenvalue weighted by Crippen LogP contribution is 2.44. The summed E-state index contributed by atoms with van der Waals surface area (Å²) in [5.74, 6) is 0.0226. The van der Waals surface area contributed by atoms with E-state index in [-0.39, 0.29) is 5.91 Å². The van der Waals surface area contributed by atoms with Gasteiger partial charge in [-0.2, -0.15) is 0 Å². The Balaban J connectivity index is 1.26. The Morgan fingerprint density at radius 3 is 2.94 bits per heavy atom. The van der Waals surface area contributed by atoms with Crippen LogP contribution >= 0.6 is 22.7 Å². The lowest BCUT2D eigenvalue weighted by Gasteiger charge is -2.13. The van der Waals surface area contributed by atoms with Crippen LogP contribution in [0.4, 0.5) is 5.00 Å². The van der Waals surface area contributed by atoms with Gasteiger partial charge in [-0.25, -0.2) is 4.98 Å². The number of anilines is 1. The van der Waals surface area contributed by atoms with Crippen molar-refractivity contribution in [3.05, 3.63) is 59.0 Å². The highest BCUT2D eigenvalue weighted by molar-refractivity contribution is 7.22. The normalized spacial score (nSPS) is 13.2. The van der Waals surface area contributed by atoms with Gasteiger partial charge in [0.15, 0.2) is 0 Å². The summed E-state index contributed by atoms with van der Waals surface area (Å²) in [5.41, 5.74) is 4.49. The van der Waals surface area contributed by atoms with Gasteiger partial charge in [0.1, 0.15) is 15.5 Å². The molecular weight excluding hydrogens is 440 g/mol. The molecule has 9 heteroatoms. The predicted molar refractivity (Wildman–Crippen MR) is 130 cm³/mol. The van der Waals surface area contributed by atoms with Crippen LogP contribution in [0.5, 0.6) is 0 Å². The molecule has 0 spiro atoms. The third-order valence-electron chi connectivity index (χ3n) is 5.43. The fourth-order valence-corrected chi connectivity index (χ4v) is 6.14. The van der Waals surface area contributed by atoms with Gasteiger partial charge in [0.05, 0.1) is 10.9 Å². The van der Waals surface area contributed by atoms with E-state index in [0.29, 0.717) is 13.0 Å². The van der Waals surface area contributed by atoms with E-state index in [9.17, 15) is 4.79 Å². The van der Waals surface area contributed by atoms with Gasteiger partial charge in [-0.15, -0.1) is 22.7 Å². The number of hydrogen-bond donors (Lipinski definition) is 3. The molecule has 5 heterocycles. The van der Waals surface area contributed by atoms with Crippen LogP contribution in [0, 0.1) is 0 Å². The average Bonchev–Trinajstić information content (AvgIpc) is 3.40. The van der Waals surface area contributed by atoms with Crippen molar-refractivity contribution in [3.8, 4) is 10.6 Å². The zero-order valence-corrected chi connectivity index (χ0v) is 19.2. The molecule has 7 nitrogen and oxygen atoms in total. The highest BCUT2D eigenvalue weighted by Gasteiger charge is 2.25. The molecule has 0 radical (unpaired) electrons. The summed E-state index contributed by atoms with van der Waals surface area (Å²) in [7, 11) is 0. The standard InChI is InChI=1S/C23H24N6OS2/c30-20(6-11-24-8-3-15-2-1-7-25-12-15)29-23-21(16-4-9-27-14-19(16)32-23)22-28-17-13-26-10-5-18(17)31-22/h1-2,5,7,10,12-13,24,27H,3-4,6,8-9,11,14H2,(H,29,30). The van der Waals surface area contributed by atoms with Gasteiger partial charge < -0.3 is 16.0 Å². The summed E-state index contributed by atoms with van der Waals surface area (Å²) in [4.78, 5) is 27.1. The van der Waals surface area contributed by atoms with Gasteiger partial charge in [0, 0.05) is 48.5 Å². The van der Waals surface area contributed by atoms with Crippen LogP contribution in [0.25, 0.3) is 20.8 Å². The largest absolute Gasteiger partial charge is 0.317 e. The summed E-state index contributed by atoms with van der Waals surface area (Å²) in [6, 6.07) is 6.00. The quantitative estimate of drug-likeness (QED) is 0.345. The molecule has 4 aromatic rings. The van der Waals surface area contributed by atoms with Gasteiger partial charge >= 0.3 is 0 Å². The van der Waals surface area contributed by atoms with E-state index in [1.807, 2.05) is 18.3 Å². The summed E-state index contributed by atoms with van der Waals surface area (Å²) in [6.45, 7) is 3.24. The molecular formula is C23H24N6OS2. The van der Waals surface area contributed by atoms with Gasteiger partial charge in [0.25, 0.3) is 0 Å². The SMILES string of the molecule is O=C(CCNCCc1cccnc1)Nc1sc2c(c1-c1nc3cnccc3s1)CCNC2. The van der Waals surface area contributed by atoms with E-state index in [1.165, 1.54) is 16.0 Å². The first kappa shape index (κ1) is 21.1. The molecule has 0 aliphatic carbocycles. The van der Waals surface area contributed by atoms with Gasteiger partial charge in [0.2, 0.25) is 5.91 Å². The number of fused-ring (bicyclic) bond motifs is 2. The average molecular weight is 465 g/mol. The minimum Gasteiger partial charge on any atom is -0.317 e. The van der Waals surface area contributed by atoms with E-state index in [1.54, 1.807) is 41.3 Å². The van der Waals surface area contributed by atoms with Crippen LogP contribution in [-0.4, -0.2) is 40.5 Å². The van der Waals surface area contributed by atoms with Crippen LogP contribution in [0.2, 0.25) is 0 Å². The summed E-state index contributed by atoms with van der Waals surface area (Å²) < 4.78 is 1.11. The fourth-order valence-electron chi connectivity index (χ4n) is 3.83. The van der Waals surface area contributed by atoms with E-state index < -0.39 is 0 Å². The maximum atomic E-state index is 12.7. The van der Waals surface area contributed by atoms with Crippen LogP contribution in [0.15, 0.2) is 43.0 Å². The highest BCUT2D eigenvalue weighted by atomic mass is 32.1. The molecule has 0 atom stereocenters. The lowest BCUT2D eigenvalue weighted by atomic mass is 10.0. The van der Waals surface area contributed by atoms with Gasteiger partial charge in [-0.1, -0.05) is 6.07 Å². The molecule has 164 valence electrons. The molecule has 0 bridgehead atoms. The van der Waals surface area contributed by atoms with E-state index >= 15 is 0 Å². The molecule has 32 heavy (non-hydrogen) atoms. The zero-order valence-electron chi connectivity index (χ0n) is 17.6. The van der Waals surface area contributed by atoms with Crippen molar-refractivity contribution in [1.82, 2.24) is 25.6 Å². The van der Waals surface area contributed by atoms with Crippen LogP contribution in [0.3, 0.4) is 0 Å². The van der Waals surface area contributed by atoms with Crippen LogP contribution in [0.1, 0.15) is 22.4 Å². The maximum Gasteiger partial charge on any atom is 0.226 e. The Morgan fingerprint density at radius 1 is 1.12 bits per heavy atom. The molecule has 0 saturated heterocycles. The second kappa shape index (κ2) is 9.83. The first-order valence-electron chi connectivity index (χ1n) is 10.7. The molecule has 0 aromatic carbocycles. The Bertz CT molecular complexity index is 1190. The predicted octanol–water partition coefficient (Wildman–Crippen LogP) is 3.62. The van der Waals surface area contributed by atoms with Gasteiger partial charge in [-0.05, 0) is 49.2 Å². The van der Waals surface area contributed by atoms with Crippen molar-refractivity contribution in [2.24, 2.45) is 0 Å². The number of hydrogen-bond acceptors (Lipinski definition) is 8. The number of amides is 1. The number of aromatic nitrogens is 3. The van der Waals surface area contributed by atoms with Crippen molar-refractivity contribution < 1.29 is 4.79 Å². The Hall–Kier alpha value is -2.72. The Kier molecular flexibility index (Phi) is 6.49. The second-order valence-corrected chi connectivity index (χ2v) is 9.79. The number of rotatable bonds is 8. The lowest BCUT2D eigenvalue weighted by Crippen LogP contribution is -2.23. The van der Waals surface area contributed by atoms with Crippen LogP contribution < -0.4 is 16.0 Å². The summed E-state index contributed by atoms with van der Waals surface area (Å²) in [5, 5.41) is 11.8. The number of thiazole rings is 1.